The number of rotatable bonds is 8. The van der Waals surface area contributed by atoms with Crippen LogP contribution in [0, 0.1) is 17.0 Å². The molecule has 2 aromatic carbocycles. The van der Waals surface area contributed by atoms with Crippen molar-refractivity contribution < 1.29 is 27.6 Å². The molecule has 10 heteroatoms. The van der Waals surface area contributed by atoms with Gasteiger partial charge in [0.2, 0.25) is 0 Å². The summed E-state index contributed by atoms with van der Waals surface area (Å²) in [6.07, 6.45) is 0. The largest absolute Gasteiger partial charge is 0.494 e. The number of nitro benzene ring substituents is 1. The lowest BCUT2D eigenvalue weighted by molar-refractivity contribution is -0.385. The van der Waals surface area contributed by atoms with Gasteiger partial charge < -0.3 is 9.47 Å². The predicted octanol–water partition coefficient (Wildman–Crippen LogP) is 2.67. The van der Waals surface area contributed by atoms with Crippen molar-refractivity contribution in [3.8, 4) is 5.75 Å². The van der Waals surface area contributed by atoms with Crippen molar-refractivity contribution in [3.05, 3.63) is 58.1 Å². The Labute approximate surface area is 162 Å². The Hall–Kier alpha value is -3.14. The number of methoxy groups -OCH3 is 1. The maximum Gasteiger partial charge on any atom is 0.326 e. The van der Waals surface area contributed by atoms with Crippen LogP contribution >= 0.6 is 0 Å². The molecule has 9 nitrogen and oxygen atoms in total. The van der Waals surface area contributed by atoms with Crippen LogP contribution in [-0.2, 0) is 19.6 Å². The second-order valence-corrected chi connectivity index (χ2v) is 7.59. The molecular weight excluding hydrogens is 388 g/mol. The van der Waals surface area contributed by atoms with E-state index in [1.165, 1.54) is 31.2 Å². The second kappa shape index (κ2) is 8.70. The Bertz CT molecular complexity index is 989. The fraction of sp³-hybridized carbons (Fsp3) is 0.278. The predicted molar refractivity (Wildman–Crippen MR) is 102 cm³/mol. The van der Waals surface area contributed by atoms with Gasteiger partial charge in [-0.3, -0.25) is 19.2 Å². The first-order valence-electron chi connectivity index (χ1n) is 8.28. The van der Waals surface area contributed by atoms with Gasteiger partial charge in [-0.15, -0.1) is 0 Å². The monoisotopic (exact) mass is 408 g/mol. The van der Waals surface area contributed by atoms with E-state index in [9.17, 15) is 23.3 Å². The van der Waals surface area contributed by atoms with Crippen molar-refractivity contribution in [2.75, 3.05) is 24.6 Å². The van der Waals surface area contributed by atoms with Crippen molar-refractivity contribution in [2.45, 2.75) is 18.7 Å². The van der Waals surface area contributed by atoms with Crippen LogP contribution in [0.4, 0.5) is 11.4 Å². The van der Waals surface area contributed by atoms with Gasteiger partial charge in [0.1, 0.15) is 12.3 Å². The Morgan fingerprint density at radius 1 is 1.21 bits per heavy atom. The molecule has 0 atom stereocenters. The van der Waals surface area contributed by atoms with Crippen molar-refractivity contribution in [1.29, 1.82) is 0 Å². The minimum Gasteiger partial charge on any atom is -0.494 e. The second-order valence-electron chi connectivity index (χ2n) is 5.72. The third-order valence-corrected chi connectivity index (χ3v) is 5.65. The quantitative estimate of drug-likeness (QED) is 0.374. The van der Waals surface area contributed by atoms with Crippen LogP contribution in [0.15, 0.2) is 47.4 Å². The molecule has 0 spiro atoms. The molecule has 0 aliphatic heterocycles. The normalized spacial score (nSPS) is 11.0. The molecule has 0 aliphatic rings. The van der Waals surface area contributed by atoms with Gasteiger partial charge in [-0.25, -0.2) is 8.42 Å². The highest BCUT2D eigenvalue weighted by molar-refractivity contribution is 7.92. The Morgan fingerprint density at radius 3 is 2.54 bits per heavy atom. The summed E-state index contributed by atoms with van der Waals surface area (Å²) in [4.78, 5) is 22.1. The molecule has 0 aromatic heterocycles. The third kappa shape index (κ3) is 4.58. The van der Waals surface area contributed by atoms with Crippen LogP contribution in [0.5, 0.6) is 5.75 Å². The molecule has 150 valence electrons. The molecule has 0 unspecified atom stereocenters. The lowest BCUT2D eigenvalue weighted by Crippen LogP contribution is -2.36. The smallest absolute Gasteiger partial charge is 0.326 e. The van der Waals surface area contributed by atoms with Gasteiger partial charge >= 0.3 is 5.97 Å². The highest BCUT2D eigenvalue weighted by Crippen LogP contribution is 2.29. The first-order valence-corrected chi connectivity index (χ1v) is 9.72. The molecule has 0 N–H and O–H groups in total. The lowest BCUT2D eigenvalue weighted by atomic mass is 10.2. The van der Waals surface area contributed by atoms with Gasteiger partial charge in [-0.05, 0) is 32.0 Å². The number of carbonyl (C=O) groups is 1. The van der Waals surface area contributed by atoms with Crippen molar-refractivity contribution in [2.24, 2.45) is 0 Å². The summed E-state index contributed by atoms with van der Waals surface area (Å²) < 4.78 is 37.2. The van der Waals surface area contributed by atoms with Crippen LogP contribution in [0.3, 0.4) is 0 Å². The van der Waals surface area contributed by atoms with E-state index in [4.69, 9.17) is 4.74 Å². The van der Waals surface area contributed by atoms with E-state index in [1.54, 1.807) is 19.1 Å². The van der Waals surface area contributed by atoms with Gasteiger partial charge in [0.15, 0.2) is 0 Å². The van der Waals surface area contributed by atoms with Crippen LogP contribution in [0.25, 0.3) is 0 Å². The van der Waals surface area contributed by atoms with Gasteiger partial charge in [0, 0.05) is 17.7 Å². The first kappa shape index (κ1) is 21.2. The number of aryl methyl sites for hydroxylation is 1. The SMILES string of the molecule is CCOc1cccc(N(CC(=O)OC)S(=O)(=O)c2ccc(C)c([N+](=O)[O-])c2)c1. The molecule has 0 fully saturated rings. The zero-order chi connectivity index (χ0) is 20.9. The molecule has 2 aromatic rings. The molecule has 0 aliphatic carbocycles. The van der Waals surface area contributed by atoms with Gasteiger partial charge in [-0.2, -0.15) is 0 Å². The van der Waals surface area contributed by atoms with Crippen LogP contribution < -0.4 is 9.04 Å². The van der Waals surface area contributed by atoms with E-state index < -0.39 is 27.5 Å². The lowest BCUT2D eigenvalue weighted by Gasteiger charge is -2.24. The molecule has 0 amide bonds. The van der Waals surface area contributed by atoms with Crippen LogP contribution in [0.1, 0.15) is 12.5 Å². The van der Waals surface area contributed by atoms with Gasteiger partial charge in [0.25, 0.3) is 15.7 Å². The molecule has 0 radical (unpaired) electrons. The van der Waals surface area contributed by atoms with E-state index in [-0.39, 0.29) is 16.3 Å². The third-order valence-electron chi connectivity index (χ3n) is 3.88. The standard InChI is InChI=1S/C18H20N2O7S/c1-4-27-15-7-5-6-14(10-15)19(12-18(21)26-3)28(24,25)16-9-8-13(2)17(11-16)20(22)23/h5-11H,4,12H2,1-3H3. The number of benzene rings is 2. The number of ether oxygens (including phenoxy) is 2. The maximum atomic E-state index is 13.2. The highest BCUT2D eigenvalue weighted by atomic mass is 32.2. The molecule has 28 heavy (non-hydrogen) atoms. The minimum absolute atomic E-state index is 0.166. The topological polar surface area (TPSA) is 116 Å². The highest BCUT2D eigenvalue weighted by Gasteiger charge is 2.29. The zero-order valence-corrected chi connectivity index (χ0v) is 16.4. The van der Waals surface area contributed by atoms with Gasteiger partial charge in [-0.1, -0.05) is 12.1 Å². The van der Waals surface area contributed by atoms with Crippen molar-refractivity contribution >= 4 is 27.4 Å². The van der Waals surface area contributed by atoms with Crippen LogP contribution in [0.2, 0.25) is 0 Å². The maximum absolute atomic E-state index is 13.2. The summed E-state index contributed by atoms with van der Waals surface area (Å²) in [5, 5.41) is 11.2. The van der Waals surface area contributed by atoms with E-state index in [1.807, 2.05) is 0 Å². The number of carbonyl (C=O) groups excluding carboxylic acids is 1. The fourth-order valence-electron chi connectivity index (χ4n) is 2.47. The Morgan fingerprint density at radius 2 is 1.93 bits per heavy atom. The number of nitrogens with zero attached hydrogens (tertiary/aromatic N) is 2. The molecule has 2 rings (SSSR count). The van der Waals surface area contributed by atoms with Gasteiger partial charge in [0.05, 0.1) is 29.2 Å². The average Bonchev–Trinajstić information content (AvgIpc) is 2.66. The van der Waals surface area contributed by atoms with E-state index in [0.29, 0.717) is 17.9 Å². The molecule has 0 saturated heterocycles. The van der Waals surface area contributed by atoms with E-state index in [0.717, 1.165) is 17.5 Å². The number of nitro groups is 1. The number of hydrogen-bond donors (Lipinski definition) is 0. The van der Waals surface area contributed by atoms with E-state index in [2.05, 4.69) is 4.74 Å². The molecule has 0 saturated carbocycles. The summed E-state index contributed by atoms with van der Waals surface area (Å²) >= 11 is 0. The first-order chi connectivity index (χ1) is 13.2. The molecular formula is C18H20N2O7S. The summed E-state index contributed by atoms with van der Waals surface area (Å²) in [6.45, 7) is 3.06. The fourth-order valence-corrected chi connectivity index (χ4v) is 3.89. The summed E-state index contributed by atoms with van der Waals surface area (Å²) in [5.41, 5.74) is 0.156. The average molecular weight is 408 g/mol. The van der Waals surface area contributed by atoms with Crippen LogP contribution in [-0.4, -0.2) is 39.6 Å². The molecule has 0 heterocycles. The minimum atomic E-state index is -4.29. The summed E-state index contributed by atoms with van der Waals surface area (Å²) in [6, 6.07) is 9.76. The van der Waals surface area contributed by atoms with E-state index >= 15 is 0 Å². The Balaban J connectivity index is 2.59. The van der Waals surface area contributed by atoms with Crippen molar-refractivity contribution in [1.82, 2.24) is 0 Å². The summed E-state index contributed by atoms with van der Waals surface area (Å²) in [5.74, 6) is -0.369. The number of esters is 1. The molecule has 0 bridgehead atoms. The number of hydrogen-bond acceptors (Lipinski definition) is 7. The summed E-state index contributed by atoms with van der Waals surface area (Å²) in [7, 11) is -3.15. The Kier molecular flexibility index (Phi) is 6.57. The number of anilines is 1. The van der Waals surface area contributed by atoms with Crippen molar-refractivity contribution in [3.63, 3.8) is 0 Å². The number of sulfonamides is 1. The zero-order valence-electron chi connectivity index (χ0n) is 15.6.